The Morgan fingerprint density at radius 1 is 1.00 bits per heavy atom. The van der Waals surface area contributed by atoms with E-state index in [4.69, 9.17) is 4.74 Å². The third-order valence-corrected chi connectivity index (χ3v) is 4.87. The van der Waals surface area contributed by atoms with E-state index in [0.29, 0.717) is 18.0 Å². The van der Waals surface area contributed by atoms with Gasteiger partial charge in [0.05, 0.1) is 0 Å². The fourth-order valence-corrected chi connectivity index (χ4v) is 3.78. The molecule has 2 unspecified atom stereocenters. The van der Waals surface area contributed by atoms with Crippen LogP contribution in [-0.2, 0) is 4.74 Å². The van der Waals surface area contributed by atoms with Gasteiger partial charge in [-0.3, -0.25) is 0 Å². The maximum absolute atomic E-state index is 11.8. The Kier molecular flexibility index (Phi) is 6.54. The van der Waals surface area contributed by atoms with Gasteiger partial charge in [-0.25, -0.2) is 4.79 Å². The summed E-state index contributed by atoms with van der Waals surface area (Å²) < 4.78 is 5.33. The van der Waals surface area contributed by atoms with E-state index >= 15 is 0 Å². The first-order valence-corrected chi connectivity index (χ1v) is 9.17. The number of nitrogens with one attached hydrogen (secondary N) is 2. The Bertz CT molecular complexity index is 343. The van der Waals surface area contributed by atoms with Crippen LogP contribution in [-0.4, -0.2) is 30.3 Å². The van der Waals surface area contributed by atoms with Gasteiger partial charge in [0.25, 0.3) is 0 Å². The van der Waals surface area contributed by atoms with Gasteiger partial charge in [-0.1, -0.05) is 32.1 Å². The Labute approximate surface area is 135 Å². The minimum Gasteiger partial charge on any atom is -0.444 e. The number of carbonyl (C=O) groups is 1. The van der Waals surface area contributed by atoms with Crippen molar-refractivity contribution in [2.24, 2.45) is 5.92 Å². The van der Waals surface area contributed by atoms with E-state index in [1.807, 2.05) is 20.8 Å². The first-order chi connectivity index (χ1) is 10.4. The maximum atomic E-state index is 11.8. The van der Waals surface area contributed by atoms with E-state index in [1.165, 1.54) is 57.8 Å². The molecule has 0 heterocycles. The molecule has 128 valence electrons. The lowest BCUT2D eigenvalue weighted by atomic mass is 10.0. The summed E-state index contributed by atoms with van der Waals surface area (Å²) in [6.07, 6.45) is 11.6. The third kappa shape index (κ3) is 6.15. The molecule has 0 bridgehead atoms. The highest BCUT2D eigenvalue weighted by Gasteiger charge is 2.29. The molecule has 0 aromatic heterocycles. The van der Waals surface area contributed by atoms with Gasteiger partial charge in [-0.2, -0.15) is 0 Å². The zero-order valence-electron chi connectivity index (χ0n) is 14.6. The smallest absolute Gasteiger partial charge is 0.407 e. The quantitative estimate of drug-likeness (QED) is 0.772. The van der Waals surface area contributed by atoms with Gasteiger partial charge in [0.15, 0.2) is 0 Å². The summed E-state index contributed by atoms with van der Waals surface area (Å²) in [6, 6.07) is 1.26. The van der Waals surface area contributed by atoms with E-state index < -0.39 is 5.60 Å². The van der Waals surface area contributed by atoms with E-state index in [-0.39, 0.29) is 6.09 Å². The number of hydrogen-bond donors (Lipinski definition) is 2. The van der Waals surface area contributed by atoms with Gasteiger partial charge < -0.3 is 15.4 Å². The molecule has 0 saturated heterocycles. The molecule has 4 heteroatoms. The third-order valence-electron chi connectivity index (χ3n) is 4.87. The highest BCUT2D eigenvalue weighted by molar-refractivity contribution is 5.67. The minimum absolute atomic E-state index is 0.285. The number of alkyl carbamates (subject to hydrolysis) is 1. The Morgan fingerprint density at radius 2 is 1.68 bits per heavy atom. The monoisotopic (exact) mass is 310 g/mol. The Morgan fingerprint density at radius 3 is 2.32 bits per heavy atom. The van der Waals surface area contributed by atoms with E-state index in [9.17, 15) is 4.79 Å². The lowest BCUT2D eigenvalue weighted by Gasteiger charge is -2.27. The molecule has 0 spiro atoms. The van der Waals surface area contributed by atoms with Crippen LogP contribution < -0.4 is 10.6 Å². The summed E-state index contributed by atoms with van der Waals surface area (Å²) in [5, 5.41) is 6.85. The number of rotatable bonds is 4. The van der Waals surface area contributed by atoms with Crippen molar-refractivity contribution in [3.63, 3.8) is 0 Å². The molecule has 0 aromatic rings. The van der Waals surface area contributed by atoms with Crippen molar-refractivity contribution >= 4 is 6.09 Å². The zero-order valence-corrected chi connectivity index (χ0v) is 14.6. The molecular formula is C18H34N2O2. The summed E-state index contributed by atoms with van der Waals surface area (Å²) in [4.78, 5) is 11.8. The molecule has 2 aliphatic rings. The summed E-state index contributed by atoms with van der Waals surface area (Å²) in [5.74, 6) is 0.552. The number of amides is 1. The van der Waals surface area contributed by atoms with Crippen molar-refractivity contribution in [3.05, 3.63) is 0 Å². The first-order valence-electron chi connectivity index (χ1n) is 9.17. The molecule has 0 aliphatic heterocycles. The fraction of sp³-hybridized carbons (Fsp3) is 0.944. The predicted octanol–water partition coefficient (Wildman–Crippen LogP) is 3.99. The average Bonchev–Trinajstić information content (AvgIpc) is 2.68. The maximum Gasteiger partial charge on any atom is 0.407 e. The molecule has 2 atom stereocenters. The molecule has 0 radical (unpaired) electrons. The van der Waals surface area contributed by atoms with Gasteiger partial charge in [-0.15, -0.1) is 0 Å². The lowest BCUT2D eigenvalue weighted by Crippen LogP contribution is -2.44. The highest BCUT2D eigenvalue weighted by atomic mass is 16.6. The van der Waals surface area contributed by atoms with Crippen LogP contribution in [0.1, 0.15) is 78.6 Å². The van der Waals surface area contributed by atoms with Crippen LogP contribution in [0.3, 0.4) is 0 Å². The standard InChI is InChI=1S/C18H34N2O2/c1-18(2,3)22-17(21)19-13-14-9-8-12-16(14)20-15-10-6-4-5-7-11-15/h14-16,20H,4-13H2,1-3H3,(H,19,21). The van der Waals surface area contributed by atoms with Crippen LogP contribution in [0.15, 0.2) is 0 Å². The molecule has 22 heavy (non-hydrogen) atoms. The van der Waals surface area contributed by atoms with Crippen molar-refractivity contribution in [2.45, 2.75) is 96.2 Å². The molecule has 0 aromatic carbocycles. The van der Waals surface area contributed by atoms with Crippen molar-refractivity contribution < 1.29 is 9.53 Å². The second-order valence-electron chi connectivity index (χ2n) is 8.04. The molecule has 2 saturated carbocycles. The molecule has 1 amide bonds. The number of hydrogen-bond acceptors (Lipinski definition) is 3. The van der Waals surface area contributed by atoms with Gasteiger partial charge in [-0.05, 0) is 52.4 Å². The van der Waals surface area contributed by atoms with Crippen molar-refractivity contribution in [2.75, 3.05) is 6.54 Å². The summed E-state index contributed by atoms with van der Waals surface area (Å²) in [6.45, 7) is 6.44. The summed E-state index contributed by atoms with van der Waals surface area (Å²) in [7, 11) is 0. The topological polar surface area (TPSA) is 50.4 Å². The normalized spacial score (nSPS) is 27.4. The molecular weight excluding hydrogens is 276 g/mol. The van der Waals surface area contributed by atoms with Crippen molar-refractivity contribution in [1.82, 2.24) is 10.6 Å². The van der Waals surface area contributed by atoms with E-state index in [0.717, 1.165) is 6.54 Å². The van der Waals surface area contributed by atoms with Crippen LogP contribution in [0.4, 0.5) is 4.79 Å². The summed E-state index contributed by atoms with van der Waals surface area (Å²) >= 11 is 0. The summed E-state index contributed by atoms with van der Waals surface area (Å²) in [5.41, 5.74) is -0.419. The second kappa shape index (κ2) is 8.19. The highest BCUT2D eigenvalue weighted by Crippen LogP contribution is 2.27. The van der Waals surface area contributed by atoms with Crippen LogP contribution in [0.25, 0.3) is 0 Å². The predicted molar refractivity (Wildman–Crippen MR) is 90.0 cm³/mol. The van der Waals surface area contributed by atoms with Crippen molar-refractivity contribution in [1.29, 1.82) is 0 Å². The molecule has 4 nitrogen and oxygen atoms in total. The van der Waals surface area contributed by atoms with Crippen LogP contribution in [0, 0.1) is 5.92 Å². The number of carbonyl (C=O) groups excluding carboxylic acids is 1. The second-order valence-corrected chi connectivity index (χ2v) is 8.04. The van der Waals surface area contributed by atoms with Gasteiger partial charge in [0, 0.05) is 18.6 Å². The van der Waals surface area contributed by atoms with Crippen LogP contribution in [0.5, 0.6) is 0 Å². The van der Waals surface area contributed by atoms with Gasteiger partial charge >= 0.3 is 6.09 Å². The Hall–Kier alpha value is -0.770. The molecule has 2 rings (SSSR count). The Balaban J connectivity index is 1.74. The zero-order chi connectivity index (χ0) is 16.0. The SMILES string of the molecule is CC(C)(C)OC(=O)NCC1CCCC1NC1CCCCCC1. The van der Waals surface area contributed by atoms with Gasteiger partial charge in [0.2, 0.25) is 0 Å². The molecule has 2 fully saturated rings. The van der Waals surface area contributed by atoms with Crippen molar-refractivity contribution in [3.8, 4) is 0 Å². The number of ether oxygens (including phenoxy) is 1. The fourth-order valence-electron chi connectivity index (χ4n) is 3.78. The molecule has 2 N–H and O–H groups in total. The average molecular weight is 310 g/mol. The first kappa shape index (κ1) is 17.6. The minimum atomic E-state index is -0.419. The van der Waals surface area contributed by atoms with Gasteiger partial charge in [0.1, 0.15) is 5.60 Å². The van der Waals surface area contributed by atoms with Crippen LogP contribution in [0.2, 0.25) is 0 Å². The van der Waals surface area contributed by atoms with E-state index in [2.05, 4.69) is 10.6 Å². The molecule has 2 aliphatic carbocycles. The lowest BCUT2D eigenvalue weighted by molar-refractivity contribution is 0.0517. The van der Waals surface area contributed by atoms with E-state index in [1.54, 1.807) is 0 Å². The van der Waals surface area contributed by atoms with Crippen LogP contribution >= 0.6 is 0 Å². The largest absolute Gasteiger partial charge is 0.444 e.